The van der Waals surface area contributed by atoms with Crippen LogP contribution in [0.3, 0.4) is 0 Å². The van der Waals surface area contributed by atoms with Crippen molar-refractivity contribution in [1.29, 1.82) is 0 Å². The summed E-state index contributed by atoms with van der Waals surface area (Å²) in [5.41, 5.74) is 1.43. The number of rotatable bonds is 5. The van der Waals surface area contributed by atoms with Crippen molar-refractivity contribution in [2.45, 2.75) is 18.4 Å². The van der Waals surface area contributed by atoms with Crippen LogP contribution in [0.15, 0.2) is 35.2 Å². The molecule has 0 N–H and O–H groups in total. The van der Waals surface area contributed by atoms with Gasteiger partial charge in [-0.2, -0.15) is 0 Å². The van der Waals surface area contributed by atoms with Gasteiger partial charge in [0.15, 0.2) is 11.5 Å². The summed E-state index contributed by atoms with van der Waals surface area (Å²) in [7, 11) is -0.797. The average Bonchev–Trinajstić information content (AvgIpc) is 3.09. The smallest absolute Gasteiger partial charge is 0.338 e. The predicted molar refractivity (Wildman–Crippen MR) is 98.7 cm³/mol. The van der Waals surface area contributed by atoms with Crippen LogP contribution in [-0.4, -0.2) is 39.6 Å². The zero-order chi connectivity index (χ0) is 19.8. The van der Waals surface area contributed by atoms with Gasteiger partial charge in [0.1, 0.15) is 6.61 Å². The normalized spacial score (nSPS) is 13.1. The Kier molecular flexibility index (Phi) is 5.32. The van der Waals surface area contributed by atoms with Gasteiger partial charge < -0.3 is 14.2 Å². The van der Waals surface area contributed by atoms with E-state index in [1.807, 2.05) is 0 Å². The second-order valence-corrected chi connectivity index (χ2v) is 8.71. The molecule has 1 aliphatic rings. The monoisotopic (exact) mass is 411 g/mol. The summed E-state index contributed by atoms with van der Waals surface area (Å²) in [6, 6.07) is 7.66. The van der Waals surface area contributed by atoms with E-state index in [0.717, 1.165) is 4.31 Å². The van der Waals surface area contributed by atoms with Crippen molar-refractivity contribution in [3.8, 4) is 11.5 Å². The van der Waals surface area contributed by atoms with E-state index in [1.165, 1.54) is 26.2 Å². The molecule has 0 amide bonds. The van der Waals surface area contributed by atoms with Gasteiger partial charge in [0.05, 0.1) is 15.5 Å². The Balaban J connectivity index is 1.80. The van der Waals surface area contributed by atoms with Crippen molar-refractivity contribution < 1.29 is 27.4 Å². The molecule has 0 aliphatic carbocycles. The maximum absolute atomic E-state index is 12.5. The van der Waals surface area contributed by atoms with Crippen molar-refractivity contribution in [2.24, 2.45) is 0 Å². The Bertz CT molecular complexity index is 1000. The number of hydrogen-bond donors (Lipinski definition) is 0. The van der Waals surface area contributed by atoms with Crippen molar-refractivity contribution in [3.05, 3.63) is 52.0 Å². The molecule has 0 unspecified atom stereocenters. The highest BCUT2D eigenvalue weighted by molar-refractivity contribution is 7.89. The van der Waals surface area contributed by atoms with E-state index in [2.05, 4.69) is 0 Å². The summed E-state index contributed by atoms with van der Waals surface area (Å²) in [4.78, 5) is 12.5. The number of ether oxygens (including phenoxy) is 3. The van der Waals surface area contributed by atoms with E-state index in [9.17, 15) is 13.2 Å². The zero-order valence-corrected chi connectivity index (χ0v) is 16.6. The van der Waals surface area contributed by atoms with Crippen LogP contribution in [0.5, 0.6) is 11.5 Å². The molecular formula is C18H18ClNO6S. The van der Waals surface area contributed by atoms with Crippen LogP contribution >= 0.6 is 11.6 Å². The van der Waals surface area contributed by atoms with Crippen molar-refractivity contribution in [1.82, 2.24) is 4.31 Å². The molecule has 2 aromatic rings. The lowest BCUT2D eigenvalue weighted by molar-refractivity contribution is 0.0471. The Hall–Kier alpha value is -2.29. The molecular weight excluding hydrogens is 394 g/mol. The number of carbonyl (C=O) groups excluding carboxylic acids is 1. The highest BCUT2D eigenvalue weighted by atomic mass is 35.5. The molecule has 0 spiro atoms. The third-order valence-electron chi connectivity index (χ3n) is 4.06. The number of fused-ring (bicyclic) bond motifs is 1. The van der Waals surface area contributed by atoms with E-state index in [1.54, 1.807) is 25.1 Å². The van der Waals surface area contributed by atoms with Crippen molar-refractivity contribution >= 4 is 27.6 Å². The fourth-order valence-corrected chi connectivity index (χ4v) is 3.74. The quantitative estimate of drug-likeness (QED) is 0.703. The average molecular weight is 412 g/mol. The molecule has 1 heterocycles. The number of nitrogens with zero attached hydrogens (tertiary/aromatic N) is 1. The lowest BCUT2D eigenvalue weighted by atomic mass is 10.1. The maximum atomic E-state index is 12.5. The van der Waals surface area contributed by atoms with Gasteiger partial charge in [0, 0.05) is 14.1 Å². The van der Waals surface area contributed by atoms with Gasteiger partial charge in [0.25, 0.3) is 0 Å². The maximum Gasteiger partial charge on any atom is 0.338 e. The molecule has 1 aliphatic heterocycles. The predicted octanol–water partition coefficient (Wildman–Crippen LogP) is 2.98. The minimum Gasteiger partial charge on any atom is -0.457 e. The van der Waals surface area contributed by atoms with E-state index in [0.29, 0.717) is 27.6 Å². The number of halogens is 1. The molecule has 0 fully saturated rings. The van der Waals surface area contributed by atoms with Gasteiger partial charge >= 0.3 is 5.97 Å². The van der Waals surface area contributed by atoms with Gasteiger partial charge in [-0.3, -0.25) is 0 Å². The van der Waals surface area contributed by atoms with Crippen LogP contribution in [-0.2, 0) is 21.4 Å². The Morgan fingerprint density at radius 1 is 1.22 bits per heavy atom. The summed E-state index contributed by atoms with van der Waals surface area (Å²) in [5, 5.41) is 0.367. The zero-order valence-electron chi connectivity index (χ0n) is 15.0. The van der Waals surface area contributed by atoms with Crippen LogP contribution < -0.4 is 9.47 Å². The van der Waals surface area contributed by atoms with Crippen LogP contribution in [0.1, 0.15) is 21.5 Å². The van der Waals surface area contributed by atoms with Gasteiger partial charge in [-0.05, 0) is 42.3 Å². The van der Waals surface area contributed by atoms with Crippen LogP contribution in [0.4, 0.5) is 0 Å². The van der Waals surface area contributed by atoms with Crippen molar-refractivity contribution in [3.63, 3.8) is 0 Å². The first-order valence-corrected chi connectivity index (χ1v) is 9.80. The SMILES string of the molecule is Cc1ccc(S(=O)(=O)N(C)C)cc1C(=O)OCc1cc(Cl)c2c(c1)OCO2. The van der Waals surface area contributed by atoms with E-state index < -0.39 is 16.0 Å². The van der Waals surface area contributed by atoms with E-state index in [-0.39, 0.29) is 23.9 Å². The van der Waals surface area contributed by atoms with Gasteiger partial charge in [-0.15, -0.1) is 0 Å². The van der Waals surface area contributed by atoms with E-state index in [4.69, 9.17) is 25.8 Å². The minimum absolute atomic E-state index is 0.0242. The molecule has 7 nitrogen and oxygen atoms in total. The van der Waals surface area contributed by atoms with Crippen LogP contribution in [0.2, 0.25) is 5.02 Å². The first-order chi connectivity index (χ1) is 12.7. The highest BCUT2D eigenvalue weighted by Crippen LogP contribution is 2.40. The van der Waals surface area contributed by atoms with Crippen molar-refractivity contribution in [2.75, 3.05) is 20.9 Å². The summed E-state index contributed by atoms with van der Waals surface area (Å²) in [6.07, 6.45) is 0. The molecule has 9 heteroatoms. The third-order valence-corrected chi connectivity index (χ3v) is 6.16. The number of esters is 1. The first-order valence-electron chi connectivity index (χ1n) is 7.98. The molecule has 0 saturated carbocycles. The van der Waals surface area contributed by atoms with Gasteiger partial charge in [-0.25, -0.2) is 17.5 Å². The summed E-state index contributed by atoms with van der Waals surface area (Å²) in [5.74, 6) is 0.324. The topological polar surface area (TPSA) is 82.1 Å². The molecule has 0 aromatic heterocycles. The molecule has 144 valence electrons. The Morgan fingerprint density at radius 3 is 2.67 bits per heavy atom. The first kappa shape index (κ1) is 19.5. The molecule has 0 radical (unpaired) electrons. The molecule has 0 atom stereocenters. The second kappa shape index (κ2) is 7.38. The third kappa shape index (κ3) is 3.87. The second-order valence-electron chi connectivity index (χ2n) is 6.15. The van der Waals surface area contributed by atoms with Crippen LogP contribution in [0, 0.1) is 6.92 Å². The van der Waals surface area contributed by atoms with Gasteiger partial charge in [-0.1, -0.05) is 17.7 Å². The largest absolute Gasteiger partial charge is 0.457 e. The number of aryl methyl sites for hydroxylation is 1. The van der Waals surface area contributed by atoms with Crippen LogP contribution in [0.25, 0.3) is 0 Å². The molecule has 27 heavy (non-hydrogen) atoms. The Morgan fingerprint density at radius 2 is 1.96 bits per heavy atom. The number of hydrogen-bond acceptors (Lipinski definition) is 6. The fraction of sp³-hybridized carbons (Fsp3) is 0.278. The number of benzene rings is 2. The Labute approximate surface area is 162 Å². The molecule has 2 aromatic carbocycles. The lowest BCUT2D eigenvalue weighted by Gasteiger charge is -2.13. The minimum atomic E-state index is -3.65. The van der Waals surface area contributed by atoms with E-state index >= 15 is 0 Å². The molecule has 3 rings (SSSR count). The fourth-order valence-electron chi connectivity index (χ4n) is 2.52. The standard InChI is InChI=1S/C18H18ClNO6S/c1-11-4-5-13(27(22,23)20(2)3)8-14(11)18(21)24-9-12-6-15(19)17-16(7-12)25-10-26-17/h4-8H,9-10H2,1-3H3. The number of sulfonamides is 1. The molecule has 0 saturated heterocycles. The highest BCUT2D eigenvalue weighted by Gasteiger charge is 2.22. The number of carbonyl (C=O) groups is 1. The summed E-state index contributed by atoms with van der Waals surface area (Å²) in [6.45, 7) is 1.75. The molecule has 0 bridgehead atoms. The van der Waals surface area contributed by atoms with Gasteiger partial charge in [0.2, 0.25) is 16.8 Å². The lowest BCUT2D eigenvalue weighted by Crippen LogP contribution is -2.22. The summed E-state index contributed by atoms with van der Waals surface area (Å²) >= 11 is 6.12. The summed E-state index contributed by atoms with van der Waals surface area (Å²) < 4.78 is 41.5.